The average molecular weight is 225 g/mol. The molecular formula is C11H15NO2S. The zero-order valence-corrected chi connectivity index (χ0v) is 9.39. The predicted octanol–water partition coefficient (Wildman–Crippen LogP) is 1.24. The maximum atomic E-state index is 11.7. The summed E-state index contributed by atoms with van der Waals surface area (Å²) in [5.41, 5.74) is 1.12. The van der Waals surface area contributed by atoms with E-state index in [1.54, 1.807) is 11.3 Å². The van der Waals surface area contributed by atoms with Crippen LogP contribution in [0.15, 0.2) is 16.8 Å². The second-order valence-corrected chi connectivity index (χ2v) is 4.53. The van der Waals surface area contributed by atoms with Crippen LogP contribution in [0.3, 0.4) is 0 Å². The lowest BCUT2D eigenvalue weighted by Gasteiger charge is -2.22. The number of carbonyl (C=O) groups excluding carboxylic acids is 1. The standard InChI is InChI=1S/C11H15NO2S/c13-10(5-9-1-4-15-8-9)6-11-7-12-2-3-14-11/h1,4,8,11-12H,2-3,5-7H2. The van der Waals surface area contributed by atoms with Crippen molar-refractivity contribution < 1.29 is 9.53 Å². The number of thiophene rings is 1. The number of hydrogen-bond acceptors (Lipinski definition) is 4. The fourth-order valence-corrected chi connectivity index (χ4v) is 2.37. The Balaban J connectivity index is 1.76. The maximum absolute atomic E-state index is 11.7. The van der Waals surface area contributed by atoms with Crippen molar-refractivity contribution in [1.29, 1.82) is 0 Å². The molecule has 0 bridgehead atoms. The van der Waals surface area contributed by atoms with Gasteiger partial charge in [-0.1, -0.05) is 0 Å². The van der Waals surface area contributed by atoms with E-state index < -0.39 is 0 Å². The highest BCUT2D eigenvalue weighted by Crippen LogP contribution is 2.10. The summed E-state index contributed by atoms with van der Waals surface area (Å²) in [6.45, 7) is 2.42. The Morgan fingerprint density at radius 1 is 1.67 bits per heavy atom. The van der Waals surface area contributed by atoms with E-state index >= 15 is 0 Å². The summed E-state index contributed by atoms with van der Waals surface area (Å²) in [5, 5.41) is 7.25. The molecular weight excluding hydrogens is 210 g/mol. The van der Waals surface area contributed by atoms with Crippen molar-refractivity contribution in [3.05, 3.63) is 22.4 Å². The van der Waals surface area contributed by atoms with Crippen LogP contribution in [0.5, 0.6) is 0 Å². The number of ether oxygens (including phenoxy) is 1. The molecule has 1 aromatic rings. The van der Waals surface area contributed by atoms with E-state index in [9.17, 15) is 4.79 Å². The SMILES string of the molecule is O=C(Cc1ccsc1)CC1CNCCO1. The van der Waals surface area contributed by atoms with Crippen LogP contribution in [0.4, 0.5) is 0 Å². The summed E-state index contributed by atoms with van der Waals surface area (Å²) in [7, 11) is 0. The fraction of sp³-hybridized carbons (Fsp3) is 0.545. The van der Waals surface area contributed by atoms with Crippen LogP contribution >= 0.6 is 11.3 Å². The zero-order chi connectivity index (χ0) is 10.5. The molecule has 1 aromatic heterocycles. The predicted molar refractivity (Wildman–Crippen MR) is 60.3 cm³/mol. The number of carbonyl (C=O) groups is 1. The van der Waals surface area contributed by atoms with Gasteiger partial charge in [0.1, 0.15) is 5.78 Å². The van der Waals surface area contributed by atoms with Crippen LogP contribution in [-0.2, 0) is 16.0 Å². The van der Waals surface area contributed by atoms with Gasteiger partial charge in [-0.15, -0.1) is 0 Å². The first-order valence-electron chi connectivity index (χ1n) is 5.19. The molecule has 0 radical (unpaired) electrons. The van der Waals surface area contributed by atoms with Crippen LogP contribution in [0.1, 0.15) is 12.0 Å². The van der Waals surface area contributed by atoms with E-state index in [2.05, 4.69) is 5.32 Å². The molecule has 1 N–H and O–H groups in total. The molecule has 1 aliphatic heterocycles. The Hall–Kier alpha value is -0.710. The first-order chi connectivity index (χ1) is 7.34. The monoisotopic (exact) mass is 225 g/mol. The van der Waals surface area contributed by atoms with E-state index in [1.165, 1.54) is 0 Å². The molecule has 3 nitrogen and oxygen atoms in total. The molecule has 0 aromatic carbocycles. The van der Waals surface area contributed by atoms with Crippen LogP contribution in [-0.4, -0.2) is 31.6 Å². The van der Waals surface area contributed by atoms with Crippen molar-refractivity contribution >= 4 is 17.1 Å². The first-order valence-corrected chi connectivity index (χ1v) is 6.14. The Bertz CT molecular complexity index is 304. The van der Waals surface area contributed by atoms with Gasteiger partial charge in [0.25, 0.3) is 0 Å². The second-order valence-electron chi connectivity index (χ2n) is 3.75. The fourth-order valence-electron chi connectivity index (χ4n) is 1.70. The largest absolute Gasteiger partial charge is 0.375 e. The van der Waals surface area contributed by atoms with Gasteiger partial charge in [0.05, 0.1) is 12.7 Å². The van der Waals surface area contributed by atoms with Crippen LogP contribution < -0.4 is 5.32 Å². The number of hydrogen-bond donors (Lipinski definition) is 1. The van der Waals surface area contributed by atoms with Crippen molar-refractivity contribution in [1.82, 2.24) is 5.32 Å². The molecule has 2 rings (SSSR count). The van der Waals surface area contributed by atoms with E-state index in [-0.39, 0.29) is 11.9 Å². The van der Waals surface area contributed by atoms with Gasteiger partial charge in [-0.3, -0.25) is 4.79 Å². The minimum atomic E-state index is 0.0740. The Morgan fingerprint density at radius 2 is 2.60 bits per heavy atom. The van der Waals surface area contributed by atoms with Crippen molar-refractivity contribution in [2.75, 3.05) is 19.7 Å². The molecule has 2 heterocycles. The third kappa shape index (κ3) is 3.41. The van der Waals surface area contributed by atoms with E-state index in [4.69, 9.17) is 4.74 Å². The van der Waals surface area contributed by atoms with E-state index in [0.29, 0.717) is 12.8 Å². The summed E-state index contributed by atoms with van der Waals surface area (Å²) < 4.78 is 5.49. The molecule has 4 heteroatoms. The molecule has 1 atom stereocenters. The normalized spacial score (nSPS) is 21.5. The molecule has 0 amide bonds. The topological polar surface area (TPSA) is 38.3 Å². The van der Waals surface area contributed by atoms with Crippen molar-refractivity contribution in [2.45, 2.75) is 18.9 Å². The van der Waals surface area contributed by atoms with Gasteiger partial charge in [-0.05, 0) is 22.4 Å². The lowest BCUT2D eigenvalue weighted by molar-refractivity contribution is -0.121. The highest BCUT2D eigenvalue weighted by Gasteiger charge is 2.17. The van der Waals surface area contributed by atoms with E-state index in [0.717, 1.165) is 25.3 Å². The molecule has 1 saturated heterocycles. The van der Waals surface area contributed by atoms with Gasteiger partial charge < -0.3 is 10.1 Å². The van der Waals surface area contributed by atoms with Crippen LogP contribution in [0.25, 0.3) is 0 Å². The summed E-state index contributed by atoms with van der Waals surface area (Å²) >= 11 is 1.63. The highest BCUT2D eigenvalue weighted by atomic mass is 32.1. The van der Waals surface area contributed by atoms with Crippen LogP contribution in [0.2, 0.25) is 0 Å². The molecule has 0 spiro atoms. The zero-order valence-electron chi connectivity index (χ0n) is 8.57. The second kappa shape index (κ2) is 5.39. The maximum Gasteiger partial charge on any atom is 0.139 e. The van der Waals surface area contributed by atoms with Gasteiger partial charge in [0.15, 0.2) is 0 Å². The summed E-state index contributed by atoms with van der Waals surface area (Å²) in [5.74, 6) is 0.266. The van der Waals surface area contributed by atoms with Crippen molar-refractivity contribution in [3.8, 4) is 0 Å². The first kappa shape index (κ1) is 10.8. The van der Waals surface area contributed by atoms with Crippen molar-refractivity contribution in [2.24, 2.45) is 0 Å². The minimum absolute atomic E-state index is 0.0740. The Morgan fingerprint density at radius 3 is 3.27 bits per heavy atom. The number of nitrogens with one attached hydrogen (secondary N) is 1. The Labute approximate surface area is 93.4 Å². The van der Waals surface area contributed by atoms with Gasteiger partial charge >= 0.3 is 0 Å². The quantitative estimate of drug-likeness (QED) is 0.838. The van der Waals surface area contributed by atoms with Crippen LogP contribution in [0, 0.1) is 0 Å². The molecule has 1 aliphatic rings. The molecule has 1 fully saturated rings. The highest BCUT2D eigenvalue weighted by molar-refractivity contribution is 7.07. The van der Waals surface area contributed by atoms with Gasteiger partial charge in [0, 0.05) is 25.9 Å². The third-order valence-corrected chi connectivity index (χ3v) is 3.17. The third-order valence-electron chi connectivity index (χ3n) is 2.44. The van der Waals surface area contributed by atoms with E-state index in [1.807, 2.05) is 16.8 Å². The molecule has 82 valence electrons. The minimum Gasteiger partial charge on any atom is -0.375 e. The Kier molecular flexibility index (Phi) is 3.88. The van der Waals surface area contributed by atoms with Crippen molar-refractivity contribution in [3.63, 3.8) is 0 Å². The summed E-state index contributed by atoms with van der Waals surface area (Å²) in [6.07, 6.45) is 1.15. The number of ketones is 1. The van der Waals surface area contributed by atoms with Gasteiger partial charge in [-0.25, -0.2) is 0 Å². The molecule has 0 aliphatic carbocycles. The number of Topliss-reactive ketones (excluding diaryl/α,β-unsaturated/α-hetero) is 1. The van der Waals surface area contributed by atoms with Gasteiger partial charge in [0.2, 0.25) is 0 Å². The molecule has 1 unspecified atom stereocenters. The lowest BCUT2D eigenvalue weighted by atomic mass is 10.1. The average Bonchev–Trinajstić information content (AvgIpc) is 2.71. The lowest BCUT2D eigenvalue weighted by Crippen LogP contribution is -2.39. The molecule has 15 heavy (non-hydrogen) atoms. The number of rotatable bonds is 4. The summed E-state index contributed by atoms with van der Waals surface area (Å²) in [4.78, 5) is 11.7. The van der Waals surface area contributed by atoms with Gasteiger partial charge in [-0.2, -0.15) is 11.3 Å². The number of morpholine rings is 1. The molecule has 0 saturated carbocycles. The summed E-state index contributed by atoms with van der Waals surface area (Å²) in [6, 6.07) is 2.00. The smallest absolute Gasteiger partial charge is 0.139 e.